The lowest BCUT2D eigenvalue weighted by Crippen LogP contribution is -2.21. The number of carbonyl (C=O) groups excluding carboxylic acids is 1. The Kier molecular flexibility index (Phi) is 8.43. The van der Waals surface area contributed by atoms with Crippen molar-refractivity contribution >= 4 is 17.7 Å². The average Bonchev–Trinajstić information content (AvgIpc) is 2.14. The zero-order valence-corrected chi connectivity index (χ0v) is 10.2. The molecule has 0 unspecified atom stereocenters. The van der Waals surface area contributed by atoms with Gasteiger partial charge in [-0.1, -0.05) is 26.5 Å². The van der Waals surface area contributed by atoms with E-state index in [9.17, 15) is 4.79 Å². The molecule has 0 fully saturated rings. The second-order valence-corrected chi connectivity index (χ2v) is 4.28. The summed E-state index contributed by atoms with van der Waals surface area (Å²) in [5, 5.41) is 0. The molecule has 0 aromatic rings. The van der Waals surface area contributed by atoms with Crippen LogP contribution in [0.4, 0.5) is 0 Å². The topological polar surface area (TPSA) is 38.3 Å². The molecule has 0 amide bonds. The van der Waals surface area contributed by atoms with E-state index in [0.29, 0.717) is 18.9 Å². The number of hydrogen-bond donors (Lipinski definition) is 1. The first-order valence-corrected chi connectivity index (χ1v) is 5.58. The van der Waals surface area contributed by atoms with Gasteiger partial charge in [-0.25, -0.2) is 4.84 Å². The third kappa shape index (κ3) is 8.45. The maximum absolute atomic E-state index is 11.3. The summed E-state index contributed by atoms with van der Waals surface area (Å²) in [4.78, 5) is 13.9. The first-order valence-electron chi connectivity index (χ1n) is 5.20. The quantitative estimate of drug-likeness (QED) is 0.398. The number of rotatable bonds is 8. The van der Waals surface area contributed by atoms with Gasteiger partial charge in [0, 0.05) is 13.0 Å². The predicted octanol–water partition coefficient (Wildman–Crippen LogP) is 2.51. The van der Waals surface area contributed by atoms with Crippen LogP contribution in [0.25, 0.3) is 0 Å². The zero-order valence-electron chi connectivity index (χ0n) is 9.46. The summed E-state index contributed by atoms with van der Waals surface area (Å²) >= 11 is 5.45. The van der Waals surface area contributed by atoms with Crippen LogP contribution >= 0.6 is 11.8 Å². The molecule has 0 saturated heterocycles. The molecule has 1 N–H and O–H groups in total. The number of halogens is 1. The lowest BCUT2D eigenvalue weighted by atomic mass is 9.94. The number of carbonyl (C=O) groups is 1. The normalized spacial score (nSPS) is 12.5. The summed E-state index contributed by atoms with van der Waals surface area (Å²) in [5.74, 6) is 0.597. The van der Waals surface area contributed by atoms with E-state index in [-0.39, 0.29) is 18.5 Å². The third-order valence-corrected chi connectivity index (χ3v) is 2.14. The van der Waals surface area contributed by atoms with Crippen molar-refractivity contribution in [2.45, 2.75) is 26.7 Å². The van der Waals surface area contributed by atoms with Gasteiger partial charge in [-0.3, -0.25) is 4.79 Å². The van der Waals surface area contributed by atoms with Crippen molar-refractivity contribution in [1.82, 2.24) is 4.84 Å². The maximum Gasteiger partial charge on any atom is 0.306 e. The summed E-state index contributed by atoms with van der Waals surface area (Å²) in [7, 11) is 0. The SMILES string of the molecule is C=CCOC(=O)C[C@@H](CNCl)CC(C)C. The molecule has 0 aromatic heterocycles. The van der Waals surface area contributed by atoms with Gasteiger partial charge in [-0.2, -0.15) is 0 Å². The van der Waals surface area contributed by atoms with E-state index in [1.54, 1.807) is 6.08 Å². The minimum atomic E-state index is -0.188. The van der Waals surface area contributed by atoms with E-state index in [0.717, 1.165) is 6.42 Å². The first-order chi connectivity index (χ1) is 7.10. The summed E-state index contributed by atoms with van der Waals surface area (Å²) in [5.41, 5.74) is 0. The number of nitrogens with one attached hydrogen (secondary N) is 1. The molecule has 4 heteroatoms. The minimum Gasteiger partial charge on any atom is -0.461 e. The van der Waals surface area contributed by atoms with Crippen LogP contribution < -0.4 is 4.84 Å². The van der Waals surface area contributed by atoms with Crippen molar-refractivity contribution < 1.29 is 9.53 Å². The van der Waals surface area contributed by atoms with Gasteiger partial charge >= 0.3 is 5.97 Å². The molecular weight excluding hydrogens is 214 g/mol. The number of esters is 1. The van der Waals surface area contributed by atoms with Crippen LogP contribution in [0.5, 0.6) is 0 Å². The fourth-order valence-corrected chi connectivity index (χ4v) is 1.68. The molecule has 0 aliphatic carbocycles. The van der Waals surface area contributed by atoms with Gasteiger partial charge in [-0.15, -0.1) is 0 Å². The third-order valence-electron chi connectivity index (χ3n) is 1.99. The van der Waals surface area contributed by atoms with Crippen LogP contribution in [-0.4, -0.2) is 19.1 Å². The van der Waals surface area contributed by atoms with Gasteiger partial charge in [-0.05, 0) is 30.0 Å². The molecule has 15 heavy (non-hydrogen) atoms. The van der Waals surface area contributed by atoms with E-state index in [1.165, 1.54) is 0 Å². The summed E-state index contributed by atoms with van der Waals surface area (Å²) in [6, 6.07) is 0. The molecule has 0 saturated carbocycles. The number of hydrogen-bond acceptors (Lipinski definition) is 3. The molecule has 0 spiro atoms. The van der Waals surface area contributed by atoms with E-state index >= 15 is 0 Å². The Morgan fingerprint density at radius 3 is 2.73 bits per heavy atom. The largest absolute Gasteiger partial charge is 0.461 e. The summed E-state index contributed by atoms with van der Waals surface area (Å²) in [6.07, 6.45) is 2.93. The smallest absolute Gasteiger partial charge is 0.306 e. The molecule has 0 aliphatic heterocycles. The second kappa shape index (κ2) is 8.74. The lowest BCUT2D eigenvalue weighted by Gasteiger charge is -2.16. The van der Waals surface area contributed by atoms with E-state index in [1.807, 2.05) is 0 Å². The Labute approximate surface area is 96.9 Å². The Morgan fingerprint density at radius 2 is 2.27 bits per heavy atom. The van der Waals surface area contributed by atoms with Crippen LogP contribution in [0.15, 0.2) is 12.7 Å². The van der Waals surface area contributed by atoms with Crippen molar-refractivity contribution in [3.63, 3.8) is 0 Å². The molecule has 88 valence electrons. The van der Waals surface area contributed by atoms with Gasteiger partial charge in [0.05, 0.1) is 0 Å². The second-order valence-electron chi connectivity index (χ2n) is 4.01. The van der Waals surface area contributed by atoms with Gasteiger partial charge in [0.15, 0.2) is 0 Å². The van der Waals surface area contributed by atoms with Crippen LogP contribution in [0.3, 0.4) is 0 Å². The summed E-state index contributed by atoms with van der Waals surface area (Å²) < 4.78 is 4.92. The Balaban J connectivity index is 3.91. The monoisotopic (exact) mass is 233 g/mol. The van der Waals surface area contributed by atoms with Crippen molar-refractivity contribution in [2.75, 3.05) is 13.2 Å². The summed E-state index contributed by atoms with van der Waals surface area (Å²) in [6.45, 7) is 8.64. The highest BCUT2D eigenvalue weighted by Gasteiger charge is 2.15. The van der Waals surface area contributed by atoms with Gasteiger partial charge in [0.1, 0.15) is 6.61 Å². The fourth-order valence-electron chi connectivity index (χ4n) is 1.46. The lowest BCUT2D eigenvalue weighted by molar-refractivity contribution is -0.143. The van der Waals surface area contributed by atoms with Crippen molar-refractivity contribution in [3.8, 4) is 0 Å². The molecule has 1 atom stereocenters. The van der Waals surface area contributed by atoms with Crippen molar-refractivity contribution in [3.05, 3.63) is 12.7 Å². The molecule has 0 heterocycles. The van der Waals surface area contributed by atoms with Crippen LogP contribution in [0.2, 0.25) is 0 Å². The number of ether oxygens (including phenoxy) is 1. The zero-order chi connectivity index (χ0) is 11.7. The minimum absolute atomic E-state index is 0.188. The highest BCUT2D eigenvalue weighted by atomic mass is 35.5. The first kappa shape index (κ1) is 14.5. The Bertz CT molecular complexity index is 195. The highest BCUT2D eigenvalue weighted by Crippen LogP contribution is 2.15. The molecule has 0 aromatic carbocycles. The highest BCUT2D eigenvalue weighted by molar-refractivity contribution is 6.13. The van der Waals surface area contributed by atoms with E-state index in [2.05, 4.69) is 25.3 Å². The molecule has 0 rings (SSSR count). The van der Waals surface area contributed by atoms with Gasteiger partial charge in [0.2, 0.25) is 0 Å². The fraction of sp³-hybridized carbons (Fsp3) is 0.727. The predicted molar refractivity (Wildman–Crippen MR) is 62.6 cm³/mol. The van der Waals surface area contributed by atoms with E-state index in [4.69, 9.17) is 16.5 Å². The Hall–Kier alpha value is -0.540. The molecule has 3 nitrogen and oxygen atoms in total. The van der Waals surface area contributed by atoms with Gasteiger partial charge < -0.3 is 4.74 Å². The van der Waals surface area contributed by atoms with E-state index < -0.39 is 0 Å². The maximum atomic E-state index is 11.3. The average molecular weight is 234 g/mol. The Morgan fingerprint density at radius 1 is 1.60 bits per heavy atom. The van der Waals surface area contributed by atoms with Crippen LogP contribution in [0, 0.1) is 11.8 Å². The van der Waals surface area contributed by atoms with Crippen molar-refractivity contribution in [2.24, 2.45) is 11.8 Å². The standard InChI is InChI=1S/C11H20ClNO2/c1-4-5-15-11(14)7-10(8-13-12)6-9(2)3/h4,9-10,13H,1,5-8H2,2-3H3/t10-/m0/s1. The molecule has 0 aliphatic rings. The van der Waals surface area contributed by atoms with Crippen LogP contribution in [0.1, 0.15) is 26.7 Å². The molecule has 0 bridgehead atoms. The molecule has 0 radical (unpaired) electrons. The van der Waals surface area contributed by atoms with Gasteiger partial charge in [0.25, 0.3) is 0 Å². The van der Waals surface area contributed by atoms with Crippen molar-refractivity contribution in [1.29, 1.82) is 0 Å². The molecular formula is C11H20ClNO2. The van der Waals surface area contributed by atoms with Crippen LogP contribution in [-0.2, 0) is 9.53 Å².